The Labute approximate surface area is 201 Å². The molecule has 0 aliphatic carbocycles. The zero-order valence-electron chi connectivity index (χ0n) is 19.3. The molecule has 4 aromatic carbocycles. The van der Waals surface area contributed by atoms with Gasteiger partial charge in [0.25, 0.3) is 0 Å². The molecule has 0 saturated heterocycles. The van der Waals surface area contributed by atoms with Crippen LogP contribution in [0, 0.1) is 0 Å². The summed E-state index contributed by atoms with van der Waals surface area (Å²) in [5.74, 6) is 0.979. The Morgan fingerprint density at radius 1 is 0.647 bits per heavy atom. The molecule has 4 rings (SSSR count). The summed E-state index contributed by atoms with van der Waals surface area (Å²) in [6, 6.07) is 40.3. The number of guanidine groups is 1. The van der Waals surface area contributed by atoms with Gasteiger partial charge in [0.05, 0.1) is 6.61 Å². The van der Waals surface area contributed by atoms with Crippen LogP contribution < -0.4 is 16.2 Å². The first-order chi connectivity index (χ1) is 16.7. The highest BCUT2D eigenvalue weighted by atomic mass is 16.5. The van der Waals surface area contributed by atoms with Crippen LogP contribution in [0.1, 0.15) is 28.7 Å². The van der Waals surface area contributed by atoms with Crippen molar-refractivity contribution < 1.29 is 4.74 Å². The van der Waals surface area contributed by atoms with E-state index in [1.54, 1.807) is 0 Å². The van der Waals surface area contributed by atoms with Gasteiger partial charge in [-0.3, -0.25) is 4.99 Å². The van der Waals surface area contributed by atoms with Gasteiger partial charge in [0.2, 0.25) is 0 Å². The second kappa shape index (κ2) is 11.2. The molecule has 4 heteroatoms. The molecule has 0 bridgehead atoms. The molecule has 172 valence electrons. The molecule has 0 saturated carbocycles. The van der Waals surface area contributed by atoms with Crippen LogP contribution >= 0.6 is 0 Å². The second-order valence-electron chi connectivity index (χ2n) is 8.30. The Morgan fingerprint density at radius 3 is 1.56 bits per heavy atom. The minimum Gasteiger partial charge on any atom is -0.494 e. The number of rotatable bonds is 10. The van der Waals surface area contributed by atoms with Crippen molar-refractivity contribution in [1.82, 2.24) is 0 Å². The summed E-state index contributed by atoms with van der Waals surface area (Å²) in [5.41, 5.74) is 15.4. The van der Waals surface area contributed by atoms with Crippen LogP contribution in [0.25, 0.3) is 0 Å². The minimum absolute atomic E-state index is 0.124. The fourth-order valence-corrected chi connectivity index (χ4v) is 4.49. The van der Waals surface area contributed by atoms with Crippen LogP contribution in [0.2, 0.25) is 0 Å². The first-order valence-electron chi connectivity index (χ1n) is 11.6. The van der Waals surface area contributed by atoms with E-state index in [1.807, 2.05) is 12.1 Å². The van der Waals surface area contributed by atoms with Crippen LogP contribution in [0.15, 0.2) is 120 Å². The highest BCUT2D eigenvalue weighted by molar-refractivity contribution is 5.75. The lowest BCUT2D eigenvalue weighted by atomic mass is 9.67. The Kier molecular flexibility index (Phi) is 7.61. The zero-order chi connectivity index (χ0) is 23.6. The molecule has 0 unspecified atom stereocenters. The van der Waals surface area contributed by atoms with Gasteiger partial charge in [0.15, 0.2) is 5.96 Å². The lowest BCUT2D eigenvalue weighted by Gasteiger charge is -2.36. The number of nitrogens with two attached hydrogens (primary N) is 2. The van der Waals surface area contributed by atoms with Gasteiger partial charge in [-0.15, -0.1) is 0 Å². The van der Waals surface area contributed by atoms with Gasteiger partial charge in [-0.2, -0.15) is 0 Å². The second-order valence-corrected chi connectivity index (χ2v) is 8.30. The van der Waals surface area contributed by atoms with Gasteiger partial charge in [0.1, 0.15) is 5.75 Å². The number of hydrogen-bond acceptors (Lipinski definition) is 2. The Balaban J connectivity index is 1.58. The quantitative estimate of drug-likeness (QED) is 0.196. The van der Waals surface area contributed by atoms with Gasteiger partial charge in [-0.05, 0) is 47.2 Å². The van der Waals surface area contributed by atoms with E-state index >= 15 is 0 Å². The number of benzene rings is 4. The van der Waals surface area contributed by atoms with Crippen molar-refractivity contribution in [3.63, 3.8) is 0 Å². The van der Waals surface area contributed by atoms with Crippen molar-refractivity contribution in [2.75, 3.05) is 13.2 Å². The van der Waals surface area contributed by atoms with Crippen LogP contribution in [0.4, 0.5) is 0 Å². The van der Waals surface area contributed by atoms with Crippen LogP contribution in [-0.2, 0) is 11.8 Å². The molecule has 0 aliphatic rings. The van der Waals surface area contributed by atoms with E-state index in [0.717, 1.165) is 18.6 Å². The minimum atomic E-state index is -0.316. The molecule has 0 aliphatic heterocycles. The number of nitrogens with zero attached hydrogens (tertiary/aromatic N) is 1. The topological polar surface area (TPSA) is 73.6 Å². The third-order valence-corrected chi connectivity index (χ3v) is 6.16. The molecule has 0 heterocycles. The van der Waals surface area contributed by atoms with Gasteiger partial charge >= 0.3 is 0 Å². The van der Waals surface area contributed by atoms with Gasteiger partial charge in [-0.1, -0.05) is 103 Å². The molecule has 4 aromatic rings. The highest BCUT2D eigenvalue weighted by Crippen LogP contribution is 2.42. The first kappa shape index (κ1) is 23.1. The smallest absolute Gasteiger partial charge is 0.185 e. The summed E-state index contributed by atoms with van der Waals surface area (Å²) in [6.07, 6.45) is 1.59. The van der Waals surface area contributed by atoms with Gasteiger partial charge in [-0.25, -0.2) is 0 Å². The molecule has 0 atom stereocenters. The van der Waals surface area contributed by atoms with E-state index in [4.69, 9.17) is 16.2 Å². The first-order valence-corrected chi connectivity index (χ1v) is 11.6. The largest absolute Gasteiger partial charge is 0.494 e. The standard InChI is InChI=1S/C30H31N3O/c31-29(32)33-22-20-24-16-18-28(19-17-24)34-23-21-30(25-10-4-1-5-11-25,26-12-6-2-7-13-26)27-14-8-3-9-15-27/h1-19H,20-23H2,(H4,31,32,33). The summed E-state index contributed by atoms with van der Waals surface area (Å²) in [5, 5.41) is 0. The van der Waals surface area contributed by atoms with Crippen LogP contribution in [-0.4, -0.2) is 19.1 Å². The number of ether oxygens (including phenoxy) is 1. The summed E-state index contributed by atoms with van der Waals surface area (Å²) in [6.45, 7) is 1.16. The summed E-state index contributed by atoms with van der Waals surface area (Å²) in [7, 11) is 0. The third kappa shape index (κ3) is 5.46. The van der Waals surface area contributed by atoms with Crippen molar-refractivity contribution in [1.29, 1.82) is 0 Å². The van der Waals surface area contributed by atoms with E-state index in [0.29, 0.717) is 13.2 Å². The molecule has 0 amide bonds. The van der Waals surface area contributed by atoms with E-state index in [-0.39, 0.29) is 11.4 Å². The zero-order valence-corrected chi connectivity index (χ0v) is 19.3. The predicted octanol–water partition coefficient (Wildman–Crippen LogP) is 5.31. The Bertz CT molecular complexity index is 1070. The molecule has 0 spiro atoms. The molecular weight excluding hydrogens is 418 g/mol. The molecule has 0 aromatic heterocycles. The highest BCUT2D eigenvalue weighted by Gasteiger charge is 2.36. The fraction of sp³-hybridized carbons (Fsp3) is 0.167. The monoisotopic (exact) mass is 449 g/mol. The normalized spacial score (nSPS) is 11.1. The van der Waals surface area contributed by atoms with E-state index in [9.17, 15) is 0 Å². The fourth-order valence-electron chi connectivity index (χ4n) is 4.49. The molecule has 0 fully saturated rings. The third-order valence-electron chi connectivity index (χ3n) is 6.16. The van der Waals surface area contributed by atoms with Crippen molar-refractivity contribution >= 4 is 5.96 Å². The molecule has 34 heavy (non-hydrogen) atoms. The molecule has 4 N–H and O–H groups in total. The predicted molar refractivity (Wildman–Crippen MR) is 140 cm³/mol. The summed E-state index contributed by atoms with van der Waals surface area (Å²) < 4.78 is 6.26. The molecule has 0 radical (unpaired) electrons. The average Bonchev–Trinajstić information content (AvgIpc) is 2.89. The maximum atomic E-state index is 6.26. The molecular formula is C30H31N3O. The summed E-state index contributed by atoms with van der Waals surface area (Å²) >= 11 is 0. The molecule has 4 nitrogen and oxygen atoms in total. The number of aliphatic imine (C=N–C) groups is 1. The van der Waals surface area contributed by atoms with E-state index in [2.05, 4.69) is 108 Å². The maximum Gasteiger partial charge on any atom is 0.185 e. The van der Waals surface area contributed by atoms with E-state index < -0.39 is 0 Å². The Hall–Kier alpha value is -4.05. The Morgan fingerprint density at radius 2 is 1.12 bits per heavy atom. The van der Waals surface area contributed by atoms with Crippen molar-refractivity contribution in [3.05, 3.63) is 138 Å². The van der Waals surface area contributed by atoms with E-state index in [1.165, 1.54) is 22.3 Å². The SMILES string of the molecule is NC(N)=NCCc1ccc(OCCC(c2ccccc2)(c2ccccc2)c2ccccc2)cc1. The van der Waals surface area contributed by atoms with Gasteiger partial charge in [0, 0.05) is 12.0 Å². The van der Waals surface area contributed by atoms with Crippen LogP contribution in [0.3, 0.4) is 0 Å². The lowest BCUT2D eigenvalue weighted by Crippen LogP contribution is -2.31. The number of hydrogen-bond donors (Lipinski definition) is 2. The van der Waals surface area contributed by atoms with Crippen LogP contribution in [0.5, 0.6) is 5.75 Å². The van der Waals surface area contributed by atoms with Crippen molar-refractivity contribution in [2.24, 2.45) is 16.5 Å². The summed E-state index contributed by atoms with van der Waals surface area (Å²) in [4.78, 5) is 4.05. The lowest BCUT2D eigenvalue weighted by molar-refractivity contribution is 0.286. The van der Waals surface area contributed by atoms with Crippen molar-refractivity contribution in [3.8, 4) is 5.75 Å². The van der Waals surface area contributed by atoms with Gasteiger partial charge < -0.3 is 16.2 Å². The maximum absolute atomic E-state index is 6.26. The average molecular weight is 450 g/mol. The van der Waals surface area contributed by atoms with Crippen molar-refractivity contribution in [2.45, 2.75) is 18.3 Å².